The number of aromatic nitrogens is 3. The molecule has 3 aromatic carbocycles. The molecule has 1 aliphatic rings. The molecular weight excluding hydrogens is 590 g/mol. The number of fused-ring (bicyclic) bond motifs is 2. The summed E-state index contributed by atoms with van der Waals surface area (Å²) in [5.74, 6) is -5.07. The van der Waals surface area contributed by atoms with Crippen LogP contribution in [0.5, 0.6) is 17.2 Å². The average Bonchev–Trinajstić information content (AvgIpc) is 3.69. The number of aromatic amines is 2. The number of rotatable bonds is 8. The van der Waals surface area contributed by atoms with Crippen molar-refractivity contribution in [3.63, 3.8) is 0 Å². The van der Waals surface area contributed by atoms with Crippen LogP contribution < -0.4 is 9.47 Å². The minimum Gasteiger partial charge on any atom is -0.487 e. The quantitative estimate of drug-likeness (QED) is 0.103. The SMILES string of the molecule is CCOC(=O)CCc1cccc2c1OC(C)(C)CC2(C)c1cnc(-c2cc(Oc3c(F)c(F)c4[nH]ccc4c3F)ccc2F)[nH]1. The van der Waals surface area contributed by atoms with Gasteiger partial charge in [0.2, 0.25) is 11.6 Å². The highest BCUT2D eigenvalue weighted by atomic mass is 19.2. The van der Waals surface area contributed by atoms with E-state index in [0.29, 0.717) is 30.9 Å². The van der Waals surface area contributed by atoms with Gasteiger partial charge in [0.05, 0.1) is 17.7 Å². The van der Waals surface area contributed by atoms with E-state index in [1.807, 2.05) is 39.0 Å². The van der Waals surface area contributed by atoms with Gasteiger partial charge in [0, 0.05) is 47.3 Å². The first-order chi connectivity index (χ1) is 21.4. The lowest BCUT2D eigenvalue weighted by molar-refractivity contribution is -0.143. The predicted octanol–water partition coefficient (Wildman–Crippen LogP) is 8.27. The van der Waals surface area contributed by atoms with Gasteiger partial charge in [-0.15, -0.1) is 0 Å². The van der Waals surface area contributed by atoms with Gasteiger partial charge in [-0.3, -0.25) is 4.79 Å². The predicted molar refractivity (Wildman–Crippen MR) is 159 cm³/mol. The van der Waals surface area contributed by atoms with Crippen molar-refractivity contribution in [3.05, 3.63) is 94.9 Å². The maximum absolute atomic E-state index is 15.2. The lowest BCUT2D eigenvalue weighted by Gasteiger charge is -2.44. The van der Waals surface area contributed by atoms with Crippen molar-refractivity contribution in [1.29, 1.82) is 0 Å². The molecule has 0 fully saturated rings. The molecule has 2 N–H and O–H groups in total. The van der Waals surface area contributed by atoms with Crippen molar-refractivity contribution >= 4 is 16.9 Å². The Kier molecular flexibility index (Phi) is 7.58. The van der Waals surface area contributed by atoms with Crippen LogP contribution in [-0.4, -0.2) is 33.1 Å². The van der Waals surface area contributed by atoms with Crippen molar-refractivity contribution < 1.29 is 36.6 Å². The molecule has 0 saturated heterocycles. The van der Waals surface area contributed by atoms with E-state index in [2.05, 4.69) is 15.0 Å². The maximum atomic E-state index is 15.2. The zero-order valence-electron chi connectivity index (χ0n) is 25.1. The number of benzene rings is 3. The summed E-state index contributed by atoms with van der Waals surface area (Å²) in [5.41, 5.74) is 0.839. The van der Waals surface area contributed by atoms with Crippen LogP contribution in [0.4, 0.5) is 17.6 Å². The molecular formula is C34H31F4N3O4. The van der Waals surface area contributed by atoms with Crippen molar-refractivity contribution in [2.75, 3.05) is 6.61 Å². The number of ether oxygens (including phenoxy) is 3. The number of halogens is 4. The highest BCUT2D eigenvalue weighted by Crippen LogP contribution is 2.50. The molecule has 0 radical (unpaired) electrons. The number of nitrogens with zero attached hydrogens (tertiary/aromatic N) is 1. The Morgan fingerprint density at radius 1 is 1.04 bits per heavy atom. The highest BCUT2D eigenvalue weighted by Gasteiger charge is 2.45. The molecule has 234 valence electrons. The smallest absolute Gasteiger partial charge is 0.306 e. The van der Waals surface area contributed by atoms with Crippen molar-refractivity contribution in [2.45, 2.75) is 58.0 Å². The normalized spacial score (nSPS) is 17.2. The van der Waals surface area contributed by atoms with E-state index in [1.54, 1.807) is 13.1 Å². The van der Waals surface area contributed by atoms with E-state index >= 15 is 8.78 Å². The van der Waals surface area contributed by atoms with E-state index in [9.17, 15) is 13.6 Å². The second kappa shape index (κ2) is 11.3. The Morgan fingerprint density at radius 3 is 2.62 bits per heavy atom. The number of carbonyl (C=O) groups is 1. The Labute approximate surface area is 256 Å². The first-order valence-electron chi connectivity index (χ1n) is 14.6. The van der Waals surface area contributed by atoms with Gasteiger partial charge < -0.3 is 24.2 Å². The third kappa shape index (κ3) is 5.40. The molecule has 2 aromatic heterocycles. The van der Waals surface area contributed by atoms with Gasteiger partial charge in [-0.05, 0) is 63.9 Å². The Morgan fingerprint density at radius 2 is 1.84 bits per heavy atom. The second-order valence-electron chi connectivity index (χ2n) is 11.9. The van der Waals surface area contributed by atoms with Crippen LogP contribution >= 0.6 is 0 Å². The standard InChI is InChI=1S/C34H31F4N3O4/c1-5-43-25(42)12-9-18-7-6-8-22-30(18)45-33(2,3)17-34(22,4)24-16-40-32(41-24)21-15-19(10-11-23(21)35)44-31-26(36)20-13-14-39-29(20)27(37)28(31)38/h6-8,10-11,13-16,39H,5,9,12,17H2,1-4H3,(H,40,41). The first-order valence-corrected chi connectivity index (χ1v) is 14.6. The minimum absolute atomic E-state index is 0.0129. The van der Waals surface area contributed by atoms with Crippen molar-refractivity contribution in [3.8, 4) is 28.6 Å². The van der Waals surface area contributed by atoms with E-state index in [1.165, 1.54) is 24.4 Å². The fraction of sp³-hybridized carbons (Fsp3) is 0.294. The summed E-state index contributed by atoms with van der Waals surface area (Å²) in [6.45, 7) is 8.05. The summed E-state index contributed by atoms with van der Waals surface area (Å²) in [6, 6.07) is 10.6. The van der Waals surface area contributed by atoms with E-state index in [4.69, 9.17) is 14.2 Å². The lowest BCUT2D eigenvalue weighted by Crippen LogP contribution is -2.44. The molecule has 6 rings (SSSR count). The number of esters is 1. The summed E-state index contributed by atoms with van der Waals surface area (Å²) >= 11 is 0. The van der Waals surface area contributed by atoms with Gasteiger partial charge in [0.1, 0.15) is 28.7 Å². The largest absolute Gasteiger partial charge is 0.487 e. The molecule has 5 aromatic rings. The van der Waals surface area contributed by atoms with Crippen LogP contribution in [0.25, 0.3) is 22.3 Å². The van der Waals surface area contributed by atoms with Gasteiger partial charge in [0.25, 0.3) is 0 Å². The summed E-state index contributed by atoms with van der Waals surface area (Å²) in [6.07, 6.45) is 4.09. The van der Waals surface area contributed by atoms with Crippen LogP contribution in [0.2, 0.25) is 0 Å². The van der Waals surface area contributed by atoms with E-state index < -0.39 is 40.0 Å². The maximum Gasteiger partial charge on any atom is 0.306 e. The second-order valence-corrected chi connectivity index (χ2v) is 11.9. The van der Waals surface area contributed by atoms with Gasteiger partial charge in [-0.25, -0.2) is 18.2 Å². The molecule has 0 aliphatic carbocycles. The number of para-hydroxylation sites is 1. The molecule has 1 unspecified atom stereocenters. The molecule has 11 heteroatoms. The molecule has 45 heavy (non-hydrogen) atoms. The van der Waals surface area contributed by atoms with Crippen LogP contribution in [-0.2, 0) is 21.4 Å². The third-order valence-corrected chi connectivity index (χ3v) is 8.13. The van der Waals surface area contributed by atoms with Gasteiger partial charge >= 0.3 is 5.97 Å². The fourth-order valence-corrected chi connectivity index (χ4v) is 6.16. The van der Waals surface area contributed by atoms with E-state index in [-0.39, 0.29) is 40.4 Å². The van der Waals surface area contributed by atoms with Crippen LogP contribution in [0.3, 0.4) is 0 Å². The topological polar surface area (TPSA) is 89.2 Å². The molecule has 7 nitrogen and oxygen atoms in total. The Balaban J connectivity index is 1.35. The Hall–Kier alpha value is -4.80. The molecule has 3 heterocycles. The monoisotopic (exact) mass is 621 g/mol. The van der Waals surface area contributed by atoms with Crippen molar-refractivity contribution in [2.24, 2.45) is 0 Å². The summed E-state index contributed by atoms with van der Waals surface area (Å²) < 4.78 is 76.5. The first kappa shape index (κ1) is 30.2. The van der Waals surface area contributed by atoms with Crippen molar-refractivity contribution in [1.82, 2.24) is 15.0 Å². The molecule has 1 atom stereocenters. The third-order valence-electron chi connectivity index (χ3n) is 8.13. The molecule has 0 spiro atoms. The van der Waals surface area contributed by atoms with Gasteiger partial charge in [0.15, 0.2) is 11.6 Å². The van der Waals surface area contributed by atoms with Crippen LogP contribution in [0.1, 0.15) is 57.4 Å². The minimum atomic E-state index is -1.51. The fourth-order valence-electron chi connectivity index (χ4n) is 6.16. The number of aryl methyl sites for hydroxylation is 1. The number of H-pyrrole nitrogens is 2. The summed E-state index contributed by atoms with van der Waals surface area (Å²) in [5, 5.41) is -0.182. The van der Waals surface area contributed by atoms with E-state index in [0.717, 1.165) is 17.2 Å². The Bertz CT molecular complexity index is 1930. The van der Waals surface area contributed by atoms with Gasteiger partial charge in [-0.1, -0.05) is 18.2 Å². The van der Waals surface area contributed by atoms with Gasteiger partial charge in [-0.2, -0.15) is 4.39 Å². The molecule has 1 aliphatic heterocycles. The number of hydrogen-bond acceptors (Lipinski definition) is 5. The summed E-state index contributed by atoms with van der Waals surface area (Å²) in [4.78, 5) is 22.2. The lowest BCUT2D eigenvalue weighted by atomic mass is 9.69. The highest BCUT2D eigenvalue weighted by molar-refractivity contribution is 5.82. The zero-order chi connectivity index (χ0) is 32.1. The van der Waals surface area contributed by atoms with Crippen LogP contribution in [0, 0.1) is 23.3 Å². The number of imidazole rings is 1. The summed E-state index contributed by atoms with van der Waals surface area (Å²) in [7, 11) is 0. The number of nitrogens with one attached hydrogen (secondary N) is 2. The number of carbonyl (C=O) groups excluding carboxylic acids is 1. The molecule has 0 bridgehead atoms. The molecule has 0 saturated carbocycles. The van der Waals surface area contributed by atoms with Crippen LogP contribution in [0.15, 0.2) is 54.9 Å². The average molecular weight is 622 g/mol. The number of hydrogen-bond donors (Lipinski definition) is 2. The molecule has 0 amide bonds. The zero-order valence-corrected chi connectivity index (χ0v) is 25.1.